The van der Waals surface area contributed by atoms with E-state index in [4.69, 9.17) is 5.11 Å². The maximum Gasteiger partial charge on any atom is 0.165 e. The summed E-state index contributed by atoms with van der Waals surface area (Å²) in [5.74, 6) is 0.224. The van der Waals surface area contributed by atoms with E-state index in [0.29, 0.717) is 0 Å². The largest absolute Gasteiger partial charge is 0.508 e. The molecule has 0 aliphatic carbocycles. The van der Waals surface area contributed by atoms with Gasteiger partial charge in [0.05, 0.1) is 0 Å². The molecule has 1 rings (SSSR count). The molecule has 1 aromatic carbocycles. The molecule has 0 amide bonds. The average molecular weight is 136 g/mol. The van der Waals surface area contributed by atoms with Gasteiger partial charge in [-0.2, -0.15) is 0 Å². The van der Waals surface area contributed by atoms with E-state index in [2.05, 4.69) is 11.3 Å². The minimum atomic E-state index is 0.224. The summed E-state index contributed by atoms with van der Waals surface area (Å²) in [6, 6.07) is 6.70. The third-order valence-electron chi connectivity index (χ3n) is 1.07. The fourth-order valence-corrected chi connectivity index (χ4v) is 0.687. The van der Waals surface area contributed by atoms with Crippen LogP contribution in [-0.2, 0) is 4.74 Å². The van der Waals surface area contributed by atoms with Crippen LogP contribution in [0.25, 0.3) is 0 Å². The number of phenolic OH excluding ortho intramolecular Hbond substituents is 1. The van der Waals surface area contributed by atoms with E-state index in [1.54, 1.807) is 24.3 Å². The van der Waals surface area contributed by atoms with Crippen molar-refractivity contribution in [1.82, 2.24) is 0 Å². The Kier molecular flexibility index (Phi) is 2.29. The quantitative estimate of drug-likeness (QED) is 0.666. The first-order valence-corrected chi connectivity index (χ1v) is 2.91. The molecule has 1 N–H and O–H groups in total. The number of aromatic hydroxyl groups is 1. The zero-order chi connectivity index (χ0) is 7.40. The van der Waals surface area contributed by atoms with Crippen LogP contribution in [0.3, 0.4) is 0 Å². The van der Waals surface area contributed by atoms with E-state index in [1.165, 1.54) is 7.11 Å². The fraction of sp³-hybridized carbons (Fsp3) is 0.125. The highest BCUT2D eigenvalue weighted by molar-refractivity contribution is 5.30. The summed E-state index contributed by atoms with van der Waals surface area (Å²) in [5, 5.41) is 8.94. The van der Waals surface area contributed by atoms with Gasteiger partial charge in [0.15, 0.2) is 6.61 Å². The predicted octanol–water partition coefficient (Wildman–Crippen LogP) is 1.43. The van der Waals surface area contributed by atoms with Gasteiger partial charge < -0.3 is 9.84 Å². The number of benzene rings is 1. The third-order valence-corrected chi connectivity index (χ3v) is 1.07. The number of ether oxygens (including phenoxy) is 1. The van der Waals surface area contributed by atoms with Crippen LogP contribution < -0.4 is 0 Å². The molecule has 0 spiro atoms. The van der Waals surface area contributed by atoms with Crippen LogP contribution in [0, 0.1) is 6.61 Å². The number of hydrogen-bond acceptors (Lipinski definition) is 2. The zero-order valence-corrected chi connectivity index (χ0v) is 5.66. The van der Waals surface area contributed by atoms with Crippen LogP contribution in [0.4, 0.5) is 0 Å². The second kappa shape index (κ2) is 3.22. The molecule has 0 fully saturated rings. The van der Waals surface area contributed by atoms with E-state index in [-0.39, 0.29) is 5.75 Å². The van der Waals surface area contributed by atoms with Crippen molar-refractivity contribution in [2.24, 2.45) is 0 Å². The molecule has 0 heterocycles. The first-order valence-electron chi connectivity index (χ1n) is 2.91. The molecule has 0 aromatic heterocycles. The van der Waals surface area contributed by atoms with Gasteiger partial charge in [-0.05, 0) is 17.7 Å². The highest BCUT2D eigenvalue weighted by Gasteiger charge is 1.92. The summed E-state index contributed by atoms with van der Waals surface area (Å²) in [6.07, 6.45) is 0. The Morgan fingerprint density at radius 1 is 1.50 bits per heavy atom. The van der Waals surface area contributed by atoms with Crippen molar-refractivity contribution in [3.63, 3.8) is 0 Å². The molecule has 0 aliphatic rings. The Morgan fingerprint density at radius 2 is 2.30 bits per heavy atom. The highest BCUT2D eigenvalue weighted by Crippen LogP contribution is 2.11. The first kappa shape index (κ1) is 7.09. The third kappa shape index (κ3) is 1.74. The molecule has 0 aliphatic heterocycles. The Balaban J connectivity index is 2.75. The minimum Gasteiger partial charge on any atom is -0.508 e. The molecule has 52 valence electrons. The number of methoxy groups -OCH3 is 1. The number of phenols is 1. The van der Waals surface area contributed by atoms with Gasteiger partial charge in [0.1, 0.15) is 5.75 Å². The van der Waals surface area contributed by atoms with Crippen molar-refractivity contribution in [2.75, 3.05) is 7.11 Å². The molecule has 2 radical (unpaired) electrons. The van der Waals surface area contributed by atoms with Crippen LogP contribution in [0.15, 0.2) is 24.3 Å². The van der Waals surface area contributed by atoms with Crippen LogP contribution in [-0.4, -0.2) is 12.2 Å². The summed E-state index contributed by atoms with van der Waals surface area (Å²) in [6.45, 7) is 2.59. The Hall–Kier alpha value is -1.02. The van der Waals surface area contributed by atoms with Crippen molar-refractivity contribution in [1.29, 1.82) is 0 Å². The van der Waals surface area contributed by atoms with E-state index in [1.807, 2.05) is 0 Å². The van der Waals surface area contributed by atoms with Crippen LogP contribution >= 0.6 is 0 Å². The number of rotatable bonds is 2. The smallest absolute Gasteiger partial charge is 0.165 e. The van der Waals surface area contributed by atoms with Gasteiger partial charge >= 0.3 is 0 Å². The Morgan fingerprint density at radius 3 is 2.90 bits per heavy atom. The molecular weight excluding hydrogens is 128 g/mol. The SMILES string of the molecule is CO[C]c1cccc(O)c1. The average Bonchev–Trinajstić information content (AvgIpc) is 1.88. The number of hydrogen-bond donors (Lipinski definition) is 1. The molecule has 0 unspecified atom stereocenters. The molecule has 0 bridgehead atoms. The van der Waals surface area contributed by atoms with Gasteiger partial charge in [-0.15, -0.1) is 0 Å². The Bertz CT molecular complexity index is 208. The van der Waals surface area contributed by atoms with Gasteiger partial charge in [0, 0.05) is 7.11 Å². The minimum absolute atomic E-state index is 0.224. The van der Waals surface area contributed by atoms with Crippen molar-refractivity contribution >= 4 is 0 Å². The van der Waals surface area contributed by atoms with Crippen molar-refractivity contribution in [2.45, 2.75) is 0 Å². The lowest BCUT2D eigenvalue weighted by molar-refractivity contribution is 0.292. The van der Waals surface area contributed by atoms with Crippen molar-refractivity contribution in [3.8, 4) is 5.75 Å². The summed E-state index contributed by atoms with van der Waals surface area (Å²) in [7, 11) is 1.52. The maximum atomic E-state index is 8.94. The van der Waals surface area contributed by atoms with Crippen LogP contribution in [0.2, 0.25) is 0 Å². The first-order chi connectivity index (χ1) is 4.83. The second-order valence-electron chi connectivity index (χ2n) is 1.86. The van der Waals surface area contributed by atoms with Gasteiger partial charge in [-0.1, -0.05) is 12.1 Å². The van der Waals surface area contributed by atoms with Gasteiger partial charge in [-0.3, -0.25) is 0 Å². The maximum absolute atomic E-state index is 8.94. The summed E-state index contributed by atoms with van der Waals surface area (Å²) in [4.78, 5) is 0. The van der Waals surface area contributed by atoms with E-state index >= 15 is 0 Å². The summed E-state index contributed by atoms with van der Waals surface area (Å²) in [5.41, 5.74) is 0.738. The molecule has 1 aromatic rings. The lowest BCUT2D eigenvalue weighted by Crippen LogP contribution is -1.81. The Labute approximate surface area is 60.1 Å². The zero-order valence-electron chi connectivity index (χ0n) is 5.66. The van der Waals surface area contributed by atoms with Gasteiger partial charge in [0.25, 0.3) is 0 Å². The lowest BCUT2D eigenvalue weighted by Gasteiger charge is -1.96. The molecule has 0 saturated carbocycles. The summed E-state index contributed by atoms with van der Waals surface area (Å²) < 4.78 is 4.62. The molecule has 0 saturated heterocycles. The van der Waals surface area contributed by atoms with Gasteiger partial charge in [-0.25, -0.2) is 0 Å². The molecule has 10 heavy (non-hydrogen) atoms. The predicted molar refractivity (Wildman–Crippen MR) is 37.5 cm³/mol. The molecular formula is C8H8O2. The lowest BCUT2D eigenvalue weighted by atomic mass is 10.2. The molecule has 0 atom stereocenters. The van der Waals surface area contributed by atoms with E-state index < -0.39 is 0 Å². The monoisotopic (exact) mass is 136 g/mol. The van der Waals surface area contributed by atoms with Crippen molar-refractivity contribution in [3.05, 3.63) is 36.4 Å². The van der Waals surface area contributed by atoms with Crippen LogP contribution in [0.5, 0.6) is 5.75 Å². The normalized spacial score (nSPS) is 9.70. The second-order valence-corrected chi connectivity index (χ2v) is 1.86. The molecule has 2 nitrogen and oxygen atoms in total. The van der Waals surface area contributed by atoms with Crippen molar-refractivity contribution < 1.29 is 9.84 Å². The molecule has 2 heteroatoms. The fourth-order valence-electron chi connectivity index (χ4n) is 0.687. The summed E-state index contributed by atoms with van der Waals surface area (Å²) >= 11 is 0. The highest BCUT2D eigenvalue weighted by atomic mass is 16.5. The van der Waals surface area contributed by atoms with E-state index in [0.717, 1.165) is 5.56 Å². The van der Waals surface area contributed by atoms with Crippen LogP contribution in [0.1, 0.15) is 5.56 Å². The van der Waals surface area contributed by atoms with E-state index in [9.17, 15) is 0 Å². The standard InChI is InChI=1S/C8H8O2/c1-10-6-7-3-2-4-8(9)5-7/h2-5,9H,1H3. The van der Waals surface area contributed by atoms with Gasteiger partial charge in [0.2, 0.25) is 0 Å². The topological polar surface area (TPSA) is 29.5 Å².